The number of fused-ring (bicyclic) bond motifs is 1. The molecular weight excluding hydrogens is 413 g/mol. The van der Waals surface area contributed by atoms with Gasteiger partial charge in [-0.2, -0.15) is 5.10 Å². The minimum atomic E-state index is -0.583. The summed E-state index contributed by atoms with van der Waals surface area (Å²) in [6.45, 7) is 1.80. The molecule has 4 rings (SSSR count). The summed E-state index contributed by atoms with van der Waals surface area (Å²) in [5.41, 5.74) is 9.57. The number of halogens is 1. The van der Waals surface area contributed by atoms with E-state index in [9.17, 15) is 14.0 Å². The molecule has 4 aromatic rings. The Morgan fingerprint density at radius 1 is 1.09 bits per heavy atom. The number of nitrogen functional groups attached to an aromatic ring is 1. The maximum atomic E-state index is 13.9. The van der Waals surface area contributed by atoms with E-state index >= 15 is 0 Å². The number of urea groups is 1. The van der Waals surface area contributed by atoms with Crippen LogP contribution in [0.25, 0.3) is 16.6 Å². The first kappa shape index (κ1) is 20.8. The number of aromatic nitrogens is 3. The van der Waals surface area contributed by atoms with Crippen molar-refractivity contribution in [2.24, 2.45) is 0 Å². The van der Waals surface area contributed by atoms with Crippen molar-refractivity contribution in [3.8, 4) is 11.1 Å². The van der Waals surface area contributed by atoms with E-state index in [-0.39, 0.29) is 17.4 Å². The summed E-state index contributed by atoms with van der Waals surface area (Å²) in [6.07, 6.45) is 2.89. The Morgan fingerprint density at radius 2 is 1.84 bits per heavy atom. The number of nitrogens with one attached hydrogen (secondary N) is 3. The number of aryl methyl sites for hydroxylation is 1. The van der Waals surface area contributed by atoms with Gasteiger partial charge in [-0.15, -0.1) is 0 Å². The molecule has 2 heterocycles. The van der Waals surface area contributed by atoms with E-state index in [0.717, 1.165) is 5.56 Å². The van der Waals surface area contributed by atoms with Gasteiger partial charge in [-0.1, -0.05) is 18.2 Å². The largest absolute Gasteiger partial charge is 0.382 e. The van der Waals surface area contributed by atoms with Gasteiger partial charge in [0.15, 0.2) is 5.82 Å². The second-order valence-electron chi connectivity index (χ2n) is 7.08. The zero-order valence-corrected chi connectivity index (χ0v) is 17.3. The van der Waals surface area contributed by atoms with Crippen LogP contribution in [-0.2, 0) is 0 Å². The minimum Gasteiger partial charge on any atom is -0.382 e. The molecule has 0 saturated heterocycles. The van der Waals surface area contributed by atoms with E-state index < -0.39 is 11.8 Å². The van der Waals surface area contributed by atoms with Crippen LogP contribution in [0.2, 0.25) is 0 Å². The molecule has 0 aliphatic carbocycles. The number of amides is 3. The average molecular weight is 433 g/mol. The van der Waals surface area contributed by atoms with Gasteiger partial charge < -0.3 is 21.7 Å². The molecule has 0 aliphatic rings. The Hall–Kier alpha value is -4.47. The molecule has 0 atom stereocenters. The van der Waals surface area contributed by atoms with Crippen LogP contribution in [0.5, 0.6) is 0 Å². The lowest BCUT2D eigenvalue weighted by Crippen LogP contribution is -2.20. The van der Waals surface area contributed by atoms with Crippen molar-refractivity contribution >= 4 is 34.6 Å². The Bertz CT molecular complexity index is 1330. The third-order valence-electron chi connectivity index (χ3n) is 4.88. The molecule has 9 nitrogen and oxygen atoms in total. The Kier molecular flexibility index (Phi) is 5.42. The highest BCUT2D eigenvalue weighted by Crippen LogP contribution is 2.33. The van der Waals surface area contributed by atoms with Crippen molar-refractivity contribution in [2.45, 2.75) is 6.92 Å². The van der Waals surface area contributed by atoms with Crippen LogP contribution in [0.3, 0.4) is 0 Å². The first-order chi connectivity index (χ1) is 15.4. The average Bonchev–Trinajstić information content (AvgIpc) is 3.17. The molecule has 0 fully saturated rings. The topological polar surface area (TPSA) is 126 Å². The number of nitrogens with zero attached hydrogens (tertiary/aromatic N) is 3. The van der Waals surface area contributed by atoms with Crippen molar-refractivity contribution in [1.29, 1.82) is 0 Å². The summed E-state index contributed by atoms with van der Waals surface area (Å²) in [5.74, 6) is -0.596. The van der Waals surface area contributed by atoms with E-state index in [0.29, 0.717) is 27.9 Å². The molecule has 32 heavy (non-hydrogen) atoms. The predicted octanol–water partition coefficient (Wildman–Crippen LogP) is 3.43. The third-order valence-corrected chi connectivity index (χ3v) is 4.88. The quantitative estimate of drug-likeness (QED) is 0.392. The first-order valence-electron chi connectivity index (χ1n) is 9.66. The zero-order valence-electron chi connectivity index (χ0n) is 17.3. The summed E-state index contributed by atoms with van der Waals surface area (Å²) in [4.78, 5) is 28.7. The number of benzene rings is 2. The van der Waals surface area contributed by atoms with Gasteiger partial charge in [-0.05, 0) is 42.3 Å². The minimum absolute atomic E-state index is 0.0881. The number of hydrogen-bond acceptors (Lipinski definition) is 5. The molecular formula is C22H20FN7O2. The van der Waals surface area contributed by atoms with E-state index in [4.69, 9.17) is 5.73 Å². The van der Waals surface area contributed by atoms with Crippen molar-refractivity contribution in [2.75, 3.05) is 23.4 Å². The number of carbonyl (C=O) groups excluding carboxylic acids is 2. The lowest BCUT2D eigenvalue weighted by atomic mass is 10.0. The van der Waals surface area contributed by atoms with E-state index in [1.54, 1.807) is 49.5 Å². The smallest absolute Gasteiger partial charge is 0.323 e. The van der Waals surface area contributed by atoms with Crippen molar-refractivity contribution < 1.29 is 14.0 Å². The van der Waals surface area contributed by atoms with Crippen molar-refractivity contribution in [3.05, 3.63) is 71.9 Å². The number of rotatable bonds is 4. The predicted molar refractivity (Wildman–Crippen MR) is 120 cm³/mol. The van der Waals surface area contributed by atoms with Gasteiger partial charge in [0.05, 0.1) is 11.3 Å². The molecule has 2 aromatic heterocycles. The monoisotopic (exact) mass is 433 g/mol. The van der Waals surface area contributed by atoms with Gasteiger partial charge >= 0.3 is 6.03 Å². The van der Waals surface area contributed by atoms with Gasteiger partial charge in [0.25, 0.3) is 5.91 Å². The van der Waals surface area contributed by atoms with Crippen LogP contribution in [-0.4, -0.2) is 33.6 Å². The standard InChI is InChI=1S/C22H20FN7O2/c1-12-3-8-16(23)17(9-12)29-22(32)28-14-6-4-13(5-7-14)18-15(21(31)25-2)10-30-19(18)20(24)26-11-27-30/h3-11H,1-2H3,(H,25,31)(H2,24,26,27)(H2,28,29,32). The number of carbonyl (C=O) groups is 2. The lowest BCUT2D eigenvalue weighted by Gasteiger charge is -2.10. The molecule has 0 bridgehead atoms. The van der Waals surface area contributed by atoms with E-state index in [1.807, 2.05) is 0 Å². The second-order valence-corrected chi connectivity index (χ2v) is 7.08. The Balaban J connectivity index is 1.62. The van der Waals surface area contributed by atoms with Crippen molar-refractivity contribution in [3.63, 3.8) is 0 Å². The van der Waals surface area contributed by atoms with Gasteiger partial charge in [0.1, 0.15) is 17.7 Å². The van der Waals surface area contributed by atoms with Crippen LogP contribution in [0.15, 0.2) is 55.0 Å². The molecule has 10 heteroatoms. The zero-order chi connectivity index (χ0) is 22.8. The first-order valence-corrected chi connectivity index (χ1v) is 9.66. The molecule has 0 aliphatic heterocycles. The maximum Gasteiger partial charge on any atom is 0.323 e. The summed E-state index contributed by atoms with van der Waals surface area (Å²) in [7, 11) is 1.53. The van der Waals surface area contributed by atoms with Crippen LogP contribution in [0.4, 0.5) is 26.4 Å². The summed E-state index contributed by atoms with van der Waals surface area (Å²) in [5, 5.41) is 11.9. The molecule has 162 valence electrons. The highest BCUT2D eigenvalue weighted by molar-refractivity contribution is 6.07. The Labute approximate surface area is 182 Å². The number of hydrogen-bond donors (Lipinski definition) is 4. The fourth-order valence-corrected chi connectivity index (χ4v) is 3.37. The van der Waals surface area contributed by atoms with Gasteiger partial charge in [-0.25, -0.2) is 18.7 Å². The Morgan fingerprint density at radius 3 is 2.56 bits per heavy atom. The van der Waals surface area contributed by atoms with Gasteiger partial charge in [0, 0.05) is 24.5 Å². The molecule has 3 amide bonds. The fourth-order valence-electron chi connectivity index (χ4n) is 3.37. The molecule has 0 radical (unpaired) electrons. The van der Waals surface area contributed by atoms with Crippen LogP contribution in [0, 0.1) is 12.7 Å². The van der Waals surface area contributed by atoms with Crippen molar-refractivity contribution in [1.82, 2.24) is 19.9 Å². The van der Waals surface area contributed by atoms with Gasteiger partial charge in [0.2, 0.25) is 0 Å². The summed E-state index contributed by atoms with van der Waals surface area (Å²) in [6, 6.07) is 10.7. The second kappa shape index (κ2) is 8.34. The molecule has 2 aromatic carbocycles. The van der Waals surface area contributed by atoms with E-state index in [2.05, 4.69) is 26.0 Å². The fraction of sp³-hybridized carbons (Fsp3) is 0.0909. The maximum absolute atomic E-state index is 13.9. The molecule has 5 N–H and O–H groups in total. The van der Waals surface area contributed by atoms with Gasteiger partial charge in [-0.3, -0.25) is 4.79 Å². The normalized spacial score (nSPS) is 10.7. The number of nitrogens with two attached hydrogens (primary N) is 1. The summed E-state index contributed by atoms with van der Waals surface area (Å²) < 4.78 is 15.4. The molecule has 0 spiro atoms. The van der Waals surface area contributed by atoms with Crippen LogP contribution in [0.1, 0.15) is 15.9 Å². The highest BCUT2D eigenvalue weighted by Gasteiger charge is 2.20. The van der Waals surface area contributed by atoms with Crippen LogP contribution < -0.4 is 21.7 Å². The van der Waals surface area contributed by atoms with E-state index in [1.165, 1.54) is 24.0 Å². The summed E-state index contributed by atoms with van der Waals surface area (Å²) >= 11 is 0. The molecule has 0 saturated carbocycles. The lowest BCUT2D eigenvalue weighted by molar-refractivity contribution is 0.0963. The molecule has 0 unspecified atom stereocenters. The highest BCUT2D eigenvalue weighted by atomic mass is 19.1. The SMILES string of the molecule is CNC(=O)c1cn2ncnc(N)c2c1-c1ccc(NC(=O)Nc2cc(C)ccc2F)cc1. The third kappa shape index (κ3) is 3.93. The van der Waals surface area contributed by atoms with Crippen LogP contribution >= 0.6 is 0 Å². The number of anilines is 3.